The van der Waals surface area contributed by atoms with Crippen LogP contribution in [0.25, 0.3) is 0 Å². The van der Waals surface area contributed by atoms with Gasteiger partial charge in [0.1, 0.15) is 17.2 Å². The van der Waals surface area contributed by atoms with Crippen LogP contribution in [0.1, 0.15) is 0 Å². The van der Waals surface area contributed by atoms with Crippen LogP contribution in [0.4, 0.5) is 26.3 Å². The Kier molecular flexibility index (Phi) is 4.35. The average Bonchev–Trinajstić information content (AvgIpc) is 2.11. The highest BCUT2D eigenvalue weighted by Gasteiger charge is 2.34. The topological polar surface area (TPSA) is 47.9 Å². The summed E-state index contributed by atoms with van der Waals surface area (Å²) >= 11 is 0. The van der Waals surface area contributed by atoms with E-state index in [1.165, 1.54) is 0 Å². The smallest absolute Gasteiger partial charge is 0.467 e. The van der Waals surface area contributed by atoms with Gasteiger partial charge in [0.25, 0.3) is 0 Å². The first-order valence-electron chi connectivity index (χ1n) is 4.49. The molecule has 1 aromatic carbocycles. The second-order valence-electron chi connectivity index (χ2n) is 3.01. The molecule has 108 valence electrons. The minimum absolute atomic E-state index is 0.380. The van der Waals surface area contributed by atoms with E-state index in [4.69, 9.17) is 5.11 Å². The summed E-state index contributed by atoms with van der Waals surface area (Å²) in [5.74, 6) is -2.43. The lowest BCUT2D eigenvalue weighted by Crippen LogP contribution is -2.19. The van der Waals surface area contributed by atoms with E-state index in [0.717, 1.165) is 0 Å². The van der Waals surface area contributed by atoms with Crippen LogP contribution in [0.15, 0.2) is 18.2 Å². The number of ether oxygens (including phenoxy) is 3. The van der Waals surface area contributed by atoms with Crippen LogP contribution in [-0.2, 0) is 0 Å². The van der Waals surface area contributed by atoms with Gasteiger partial charge in [0.05, 0.1) is 0 Å². The number of hydrogen-bond donors (Lipinski definition) is 1. The van der Waals surface area contributed by atoms with Gasteiger partial charge >= 0.3 is 12.7 Å². The van der Waals surface area contributed by atoms with Crippen LogP contribution in [0.5, 0.6) is 17.2 Å². The molecular weight excluding hydrogens is 286 g/mol. The van der Waals surface area contributed by atoms with Crippen LogP contribution in [0, 0.1) is 0 Å². The Morgan fingerprint density at radius 1 is 0.789 bits per heavy atom. The van der Waals surface area contributed by atoms with Crippen LogP contribution < -0.4 is 14.2 Å². The van der Waals surface area contributed by atoms with E-state index in [2.05, 4.69) is 14.2 Å². The molecular formula is C9H6F6O4. The number of aliphatic hydroxyl groups is 1. The Bertz CT molecular complexity index is 393. The Morgan fingerprint density at radius 2 is 1.16 bits per heavy atom. The molecule has 0 saturated heterocycles. The standard InChI is InChI=1S/C9H6F6O4/c10-8(11,12)18-6-1-5(17-4-16)2-7(3-6)19-9(13,14)15/h1-3,16H,4H2. The summed E-state index contributed by atoms with van der Waals surface area (Å²) in [6.45, 7) is -0.944. The maximum atomic E-state index is 12.0. The average molecular weight is 292 g/mol. The van der Waals surface area contributed by atoms with Crippen molar-refractivity contribution in [2.24, 2.45) is 0 Å². The van der Waals surface area contributed by atoms with Gasteiger partial charge in [-0.2, -0.15) is 0 Å². The lowest BCUT2D eigenvalue weighted by molar-refractivity contribution is -0.276. The van der Waals surface area contributed by atoms with Crippen LogP contribution in [0.3, 0.4) is 0 Å². The molecule has 0 heterocycles. The molecule has 0 aliphatic rings. The molecule has 0 unspecified atom stereocenters. The van der Waals surface area contributed by atoms with Crippen molar-refractivity contribution in [2.45, 2.75) is 12.7 Å². The second-order valence-corrected chi connectivity index (χ2v) is 3.01. The molecule has 1 rings (SSSR count). The zero-order chi connectivity index (χ0) is 14.7. The summed E-state index contributed by atoms with van der Waals surface area (Å²) in [6, 6.07) is 1.67. The fourth-order valence-corrected chi connectivity index (χ4v) is 1.09. The van der Waals surface area contributed by atoms with Crippen molar-refractivity contribution in [2.75, 3.05) is 6.79 Å². The van der Waals surface area contributed by atoms with E-state index in [1.807, 2.05) is 0 Å². The molecule has 0 spiro atoms. The quantitative estimate of drug-likeness (QED) is 0.685. The summed E-state index contributed by atoms with van der Waals surface area (Å²) in [5.41, 5.74) is 0. The van der Waals surface area contributed by atoms with E-state index in [1.54, 1.807) is 0 Å². The Labute approximate surface area is 102 Å². The maximum Gasteiger partial charge on any atom is 0.573 e. The number of aliphatic hydroxyl groups excluding tert-OH is 1. The number of benzene rings is 1. The van der Waals surface area contributed by atoms with Crippen molar-refractivity contribution in [3.8, 4) is 17.2 Å². The van der Waals surface area contributed by atoms with Gasteiger partial charge in [-0.25, -0.2) is 0 Å². The molecule has 19 heavy (non-hydrogen) atoms. The Balaban J connectivity index is 3.03. The summed E-state index contributed by atoms with van der Waals surface area (Å²) in [5, 5.41) is 8.42. The summed E-state index contributed by atoms with van der Waals surface area (Å²) in [6.07, 6.45) is -10.2. The summed E-state index contributed by atoms with van der Waals surface area (Å²) in [7, 11) is 0. The Morgan fingerprint density at radius 3 is 1.47 bits per heavy atom. The highest BCUT2D eigenvalue weighted by Crippen LogP contribution is 2.33. The van der Waals surface area contributed by atoms with E-state index in [-0.39, 0.29) is 0 Å². The molecule has 0 atom stereocenters. The maximum absolute atomic E-state index is 12.0. The molecule has 0 radical (unpaired) electrons. The van der Waals surface area contributed by atoms with Crippen LogP contribution >= 0.6 is 0 Å². The third kappa shape index (κ3) is 6.04. The van der Waals surface area contributed by atoms with Gasteiger partial charge in [-0.1, -0.05) is 0 Å². The van der Waals surface area contributed by atoms with Crippen molar-refractivity contribution < 1.29 is 45.7 Å². The minimum Gasteiger partial charge on any atom is -0.467 e. The van der Waals surface area contributed by atoms with Crippen molar-refractivity contribution in [3.05, 3.63) is 18.2 Å². The van der Waals surface area contributed by atoms with Crippen LogP contribution in [-0.4, -0.2) is 24.6 Å². The van der Waals surface area contributed by atoms with Crippen molar-refractivity contribution in [1.82, 2.24) is 0 Å². The first kappa shape index (κ1) is 15.2. The van der Waals surface area contributed by atoms with E-state index in [9.17, 15) is 26.3 Å². The molecule has 0 aliphatic carbocycles. The molecule has 0 saturated carbocycles. The number of rotatable bonds is 4. The predicted molar refractivity (Wildman–Crippen MR) is 47.5 cm³/mol. The molecule has 0 fully saturated rings. The third-order valence-corrected chi connectivity index (χ3v) is 1.55. The van der Waals surface area contributed by atoms with Gasteiger partial charge in [0.15, 0.2) is 6.79 Å². The van der Waals surface area contributed by atoms with Crippen molar-refractivity contribution >= 4 is 0 Å². The first-order valence-corrected chi connectivity index (χ1v) is 4.49. The summed E-state index contributed by atoms with van der Waals surface area (Å²) in [4.78, 5) is 0. The largest absolute Gasteiger partial charge is 0.573 e. The Hall–Kier alpha value is -1.84. The van der Waals surface area contributed by atoms with Gasteiger partial charge in [-0.3, -0.25) is 0 Å². The monoisotopic (exact) mass is 292 g/mol. The number of hydrogen-bond acceptors (Lipinski definition) is 4. The third-order valence-electron chi connectivity index (χ3n) is 1.55. The molecule has 0 amide bonds. The molecule has 0 aliphatic heterocycles. The van der Waals surface area contributed by atoms with Crippen molar-refractivity contribution in [3.63, 3.8) is 0 Å². The van der Waals surface area contributed by atoms with Gasteiger partial charge in [-0.05, 0) is 0 Å². The summed E-state index contributed by atoms with van der Waals surface area (Å²) < 4.78 is 83.0. The van der Waals surface area contributed by atoms with E-state index < -0.39 is 36.8 Å². The number of alkyl halides is 6. The molecule has 1 aromatic rings. The first-order chi connectivity index (χ1) is 8.59. The lowest BCUT2D eigenvalue weighted by atomic mass is 10.3. The fraction of sp³-hybridized carbons (Fsp3) is 0.333. The predicted octanol–water partition coefficient (Wildman–Crippen LogP) is 2.81. The zero-order valence-electron chi connectivity index (χ0n) is 8.88. The van der Waals surface area contributed by atoms with Crippen molar-refractivity contribution in [1.29, 1.82) is 0 Å². The highest BCUT2D eigenvalue weighted by molar-refractivity contribution is 5.42. The molecule has 0 bridgehead atoms. The fourth-order valence-electron chi connectivity index (χ4n) is 1.09. The number of halogens is 6. The molecule has 4 nitrogen and oxygen atoms in total. The minimum atomic E-state index is -5.09. The SMILES string of the molecule is OCOc1cc(OC(F)(F)F)cc(OC(F)(F)F)c1. The lowest BCUT2D eigenvalue weighted by Gasteiger charge is -2.14. The van der Waals surface area contributed by atoms with E-state index in [0.29, 0.717) is 18.2 Å². The zero-order valence-corrected chi connectivity index (χ0v) is 8.88. The van der Waals surface area contributed by atoms with Gasteiger partial charge in [0, 0.05) is 18.2 Å². The van der Waals surface area contributed by atoms with E-state index >= 15 is 0 Å². The normalized spacial score (nSPS) is 12.2. The molecule has 0 aromatic heterocycles. The van der Waals surface area contributed by atoms with Crippen LogP contribution in [0.2, 0.25) is 0 Å². The second kappa shape index (κ2) is 5.43. The van der Waals surface area contributed by atoms with Gasteiger partial charge in [0.2, 0.25) is 0 Å². The molecule has 1 N–H and O–H groups in total. The highest BCUT2D eigenvalue weighted by atomic mass is 19.4. The molecule has 10 heteroatoms. The van der Waals surface area contributed by atoms with Gasteiger partial charge < -0.3 is 19.3 Å². The van der Waals surface area contributed by atoms with Gasteiger partial charge in [-0.15, -0.1) is 26.3 Å².